The molecule has 0 saturated carbocycles. The molecule has 0 amide bonds. The molecule has 0 unspecified atom stereocenters. The number of sulfonamides is 1. The van der Waals surface area contributed by atoms with E-state index in [0.29, 0.717) is 17.1 Å². The quantitative estimate of drug-likeness (QED) is 0.273. The van der Waals surface area contributed by atoms with Gasteiger partial charge in [0.2, 0.25) is 10.0 Å². The fourth-order valence-corrected chi connectivity index (χ4v) is 4.65. The van der Waals surface area contributed by atoms with Crippen LogP contribution in [-0.2, 0) is 45.0 Å². The Kier molecular flexibility index (Phi) is 9.04. The predicted octanol–water partition coefficient (Wildman–Crippen LogP) is 5.06. The number of ether oxygens (including phenoxy) is 2. The van der Waals surface area contributed by atoms with E-state index in [9.17, 15) is 13.7 Å². The molecule has 38 heavy (non-hydrogen) atoms. The van der Waals surface area contributed by atoms with Gasteiger partial charge in [-0.3, -0.25) is 15.3 Å². The second-order valence-electron chi connectivity index (χ2n) is 10.3. The first kappa shape index (κ1) is 30.8. The topological polar surface area (TPSA) is 160 Å². The van der Waals surface area contributed by atoms with Gasteiger partial charge in [0.05, 0.1) is 36.9 Å². The molecule has 0 saturated heterocycles. The van der Waals surface area contributed by atoms with Crippen molar-refractivity contribution >= 4 is 27.3 Å². The fraction of sp³-hybridized carbons (Fsp3) is 0.458. The van der Waals surface area contributed by atoms with Crippen LogP contribution in [0.1, 0.15) is 58.5 Å². The summed E-state index contributed by atoms with van der Waals surface area (Å²) >= 11 is 0. The number of methoxy groups -OCH3 is 2. The zero-order chi connectivity index (χ0) is 27.8. The molecular weight excluding hydrogens is 560 g/mol. The smallest absolute Gasteiger partial charge is 0.497 e. The Morgan fingerprint density at radius 1 is 1.05 bits per heavy atom. The van der Waals surface area contributed by atoms with Gasteiger partial charge in [0.15, 0.2) is 0 Å². The number of nitriles is 1. The summed E-state index contributed by atoms with van der Waals surface area (Å²) in [6, 6.07) is 6.48. The zero-order valence-electron chi connectivity index (χ0n) is 22.7. The molecule has 0 aliphatic rings. The van der Waals surface area contributed by atoms with E-state index in [-0.39, 0.29) is 50.6 Å². The maximum atomic E-state index is 13.4. The van der Waals surface area contributed by atoms with Gasteiger partial charge in [-0.25, -0.2) is 8.42 Å². The number of hydrogen-bond donors (Lipinski definition) is 0. The average Bonchev–Trinajstić information content (AvgIpc) is 3.37. The molecule has 0 bridgehead atoms. The van der Waals surface area contributed by atoms with Crippen LogP contribution >= 0.6 is 0 Å². The summed E-state index contributed by atoms with van der Waals surface area (Å²) in [6.45, 7) is 11.4. The van der Waals surface area contributed by atoms with Crippen LogP contribution in [0.25, 0.3) is 4.72 Å². The van der Waals surface area contributed by atoms with Gasteiger partial charge in [0.1, 0.15) is 22.5 Å². The molecule has 3 rings (SSSR count). The minimum absolute atomic E-state index is 0. The number of aromatic nitrogens is 4. The number of azo groups is 1. The fourth-order valence-electron chi connectivity index (χ4n) is 3.45. The van der Waals surface area contributed by atoms with Crippen LogP contribution in [0.15, 0.2) is 33.3 Å². The van der Waals surface area contributed by atoms with Crippen molar-refractivity contribution in [3.05, 3.63) is 39.9 Å². The largest absolute Gasteiger partial charge is 2.00 e. The molecule has 3 aromatic rings. The van der Waals surface area contributed by atoms with Crippen molar-refractivity contribution in [2.45, 2.75) is 57.3 Å². The van der Waals surface area contributed by atoms with Gasteiger partial charge in [-0.05, 0) is 30.8 Å². The third kappa shape index (κ3) is 6.18. The molecule has 2 heterocycles. The van der Waals surface area contributed by atoms with Crippen LogP contribution in [0, 0.1) is 11.3 Å². The van der Waals surface area contributed by atoms with Gasteiger partial charge >= 0.3 is 17.1 Å². The molecule has 0 aliphatic heterocycles. The Bertz CT molecular complexity index is 1490. The molecule has 14 heteroatoms. The number of rotatable bonds is 7. The first-order chi connectivity index (χ1) is 17.1. The Morgan fingerprint density at radius 2 is 1.68 bits per heavy atom. The van der Waals surface area contributed by atoms with Crippen molar-refractivity contribution < 1.29 is 35.0 Å². The second kappa shape index (κ2) is 11.1. The summed E-state index contributed by atoms with van der Waals surface area (Å²) < 4.78 is 42.6. The van der Waals surface area contributed by atoms with Crippen LogP contribution in [-0.4, -0.2) is 37.5 Å². The zero-order valence-corrected chi connectivity index (χ0v) is 24.4. The molecule has 0 spiro atoms. The number of nitrogens with zero attached hydrogens (tertiary/aromatic N) is 8. The summed E-state index contributed by atoms with van der Waals surface area (Å²) in [5, 5.41) is 30.8. The predicted molar refractivity (Wildman–Crippen MR) is 137 cm³/mol. The molecule has 12 nitrogen and oxygen atoms in total. The molecule has 1 radical (unpaired) electrons. The summed E-state index contributed by atoms with van der Waals surface area (Å²) in [7, 11) is 0.0530. The van der Waals surface area contributed by atoms with Crippen molar-refractivity contribution in [3.8, 4) is 17.6 Å². The van der Waals surface area contributed by atoms with Crippen LogP contribution < -0.4 is 14.6 Å². The third-order valence-corrected chi connectivity index (χ3v) is 6.62. The molecule has 0 N–H and O–H groups in total. The van der Waals surface area contributed by atoms with Crippen molar-refractivity contribution in [2.24, 2.45) is 17.3 Å². The first-order valence-electron chi connectivity index (χ1n) is 11.3. The summed E-state index contributed by atoms with van der Waals surface area (Å²) in [4.78, 5) is -0.181. The Balaban J connectivity index is 0.00000507. The van der Waals surface area contributed by atoms with E-state index >= 15 is 0 Å². The van der Waals surface area contributed by atoms with Crippen LogP contribution in [0.5, 0.6) is 11.5 Å². The van der Waals surface area contributed by atoms with E-state index in [4.69, 9.17) is 9.47 Å². The molecule has 2 aromatic heterocycles. The van der Waals surface area contributed by atoms with Crippen molar-refractivity contribution in [1.29, 1.82) is 5.26 Å². The number of hydrogen-bond acceptors (Lipinski definition) is 9. The standard InChI is InChI=1S/C24H30N8O4S.Cu/c1-23(2,3)19-15(13-25)21(29-27-19)28-26-18-20(24(4,5)6)30-32(7)22(18)31-37(33,34)17-12-14(35-8)10-11-16(17)36-9;/h10-12H,1-9H3;/q-2;+2. The number of aryl methyl sites for hydroxylation is 1. The molecular formula is C24H30CuN8O4S. The van der Waals surface area contributed by atoms with Gasteiger partial charge in [0.25, 0.3) is 0 Å². The summed E-state index contributed by atoms with van der Waals surface area (Å²) in [6.07, 6.45) is 0. The third-order valence-electron chi connectivity index (χ3n) is 5.33. The second-order valence-corrected chi connectivity index (χ2v) is 11.9. The van der Waals surface area contributed by atoms with Crippen LogP contribution in [0.3, 0.4) is 0 Å². The Morgan fingerprint density at radius 3 is 2.21 bits per heavy atom. The van der Waals surface area contributed by atoms with Gasteiger partial charge < -0.3 is 29.1 Å². The van der Waals surface area contributed by atoms with Crippen LogP contribution in [0.4, 0.5) is 17.3 Å². The van der Waals surface area contributed by atoms with Crippen LogP contribution in [0.2, 0.25) is 0 Å². The van der Waals surface area contributed by atoms with Gasteiger partial charge in [-0.1, -0.05) is 41.5 Å². The molecule has 0 aliphatic carbocycles. The molecule has 1 aromatic carbocycles. The Labute approximate surface area is 233 Å². The minimum Gasteiger partial charge on any atom is -0.497 e. The number of benzene rings is 1. The van der Waals surface area contributed by atoms with Gasteiger partial charge in [0, 0.05) is 16.9 Å². The van der Waals surface area contributed by atoms with Crippen molar-refractivity contribution in [1.82, 2.24) is 20.0 Å². The average molecular weight is 590 g/mol. The van der Waals surface area contributed by atoms with Gasteiger partial charge in [-0.2, -0.15) is 5.26 Å². The van der Waals surface area contributed by atoms with Crippen molar-refractivity contribution in [3.63, 3.8) is 0 Å². The molecule has 0 atom stereocenters. The van der Waals surface area contributed by atoms with Crippen molar-refractivity contribution in [2.75, 3.05) is 14.2 Å². The van der Waals surface area contributed by atoms with E-state index in [1.54, 1.807) is 13.1 Å². The maximum Gasteiger partial charge on any atom is 2.00 e. The SMILES string of the molecule is COc1ccc(OC)c(S(=O)(=O)[N-]c2c(N=Nc3[n-]nc(C(C)(C)C)c3C#N)c(C(C)(C)C)nn2C)c1.[Cu+2]. The van der Waals surface area contributed by atoms with E-state index in [2.05, 4.69) is 36.3 Å². The maximum absolute atomic E-state index is 13.4. The molecule has 207 valence electrons. The van der Waals surface area contributed by atoms with E-state index in [1.807, 2.05) is 41.5 Å². The van der Waals surface area contributed by atoms with E-state index in [0.717, 1.165) is 0 Å². The first-order valence-corrected chi connectivity index (χ1v) is 12.7. The minimum atomic E-state index is -4.30. The van der Waals surface area contributed by atoms with Gasteiger partial charge in [-0.15, -0.1) is 0 Å². The normalized spacial score (nSPS) is 12.2. The summed E-state index contributed by atoms with van der Waals surface area (Å²) in [5.41, 5.74) is 0.308. The molecule has 0 fully saturated rings. The van der Waals surface area contributed by atoms with E-state index < -0.39 is 20.9 Å². The van der Waals surface area contributed by atoms with E-state index in [1.165, 1.54) is 31.0 Å². The monoisotopic (exact) mass is 589 g/mol. The summed E-state index contributed by atoms with van der Waals surface area (Å²) in [5.74, 6) is 0.404. The Hall–Kier alpha value is -3.40.